The zero-order chi connectivity index (χ0) is 27.3. The molecular formula is C34H46N2OP2. The van der Waals surface area contributed by atoms with Gasteiger partial charge in [0.15, 0.2) is 0 Å². The van der Waals surface area contributed by atoms with Gasteiger partial charge in [-0.2, -0.15) is 0 Å². The van der Waals surface area contributed by atoms with Crippen molar-refractivity contribution < 1.29 is 4.57 Å². The van der Waals surface area contributed by atoms with Gasteiger partial charge < -0.3 is 0 Å². The molecule has 0 spiro atoms. The Morgan fingerprint density at radius 1 is 0.641 bits per heavy atom. The third kappa shape index (κ3) is 6.37. The zero-order valence-electron chi connectivity index (χ0n) is 24.0. The minimum absolute atomic E-state index is 0.0912. The number of nitrogens with zero attached hydrogens (tertiary/aromatic N) is 1. The van der Waals surface area contributed by atoms with Crippen LogP contribution in [0.5, 0.6) is 0 Å². The molecule has 1 atom stereocenters. The molecule has 1 unspecified atom stereocenters. The van der Waals surface area contributed by atoms with Crippen molar-refractivity contribution in [2.45, 2.75) is 90.3 Å². The molecule has 208 valence electrons. The quantitative estimate of drug-likeness (QED) is 0.293. The highest BCUT2D eigenvalue weighted by Crippen LogP contribution is 2.64. The molecular weight excluding hydrogens is 514 g/mol. The molecule has 2 aliphatic carbocycles. The molecule has 3 aromatic rings. The molecule has 39 heavy (non-hydrogen) atoms. The first-order valence-electron chi connectivity index (χ1n) is 15.0. The van der Waals surface area contributed by atoms with Gasteiger partial charge in [0.1, 0.15) is 0 Å². The summed E-state index contributed by atoms with van der Waals surface area (Å²) in [5, 5.41) is 7.37. The molecule has 3 aromatic carbocycles. The summed E-state index contributed by atoms with van der Waals surface area (Å²) in [6.45, 7) is 7.08. The predicted molar refractivity (Wildman–Crippen MR) is 170 cm³/mol. The molecule has 0 heterocycles. The highest BCUT2D eigenvalue weighted by Gasteiger charge is 2.42. The Morgan fingerprint density at radius 3 is 1.49 bits per heavy atom. The maximum absolute atomic E-state index is 15.7. The van der Waals surface area contributed by atoms with E-state index in [9.17, 15) is 0 Å². The van der Waals surface area contributed by atoms with Crippen molar-refractivity contribution in [1.82, 2.24) is 5.09 Å². The molecule has 2 saturated carbocycles. The second-order valence-electron chi connectivity index (χ2n) is 12.7. The lowest BCUT2D eigenvalue weighted by atomic mass is 9.72. The van der Waals surface area contributed by atoms with Crippen molar-refractivity contribution in [3.63, 3.8) is 0 Å². The van der Waals surface area contributed by atoms with Gasteiger partial charge in [-0.05, 0) is 49.9 Å². The van der Waals surface area contributed by atoms with Gasteiger partial charge >= 0.3 is 0 Å². The standard InChI is InChI=1S/C34H46N2OP2/c1-34(2,3)28-24-26-33(27-25-28)39(37,35-29-16-8-4-9-17-29)36-38(30-18-10-5-11-19-30,31-20-12-6-13-21-31)32-22-14-7-15-23-32/h5-7,10-15,18-23,28-29,33H,4,8-9,16-17,24-27H2,1-3H3,(H,35,37). The average Bonchev–Trinajstić information content (AvgIpc) is 2.97. The van der Waals surface area contributed by atoms with Gasteiger partial charge in [-0.1, -0.05) is 131 Å². The van der Waals surface area contributed by atoms with Gasteiger partial charge in [0.05, 0.1) is 7.05 Å². The Balaban J connectivity index is 1.72. The lowest BCUT2D eigenvalue weighted by molar-refractivity contribution is 0.180. The third-order valence-corrected chi connectivity index (χ3v) is 16.6. The van der Waals surface area contributed by atoms with Crippen LogP contribution in [0.3, 0.4) is 0 Å². The van der Waals surface area contributed by atoms with E-state index in [1.807, 2.05) is 0 Å². The van der Waals surface area contributed by atoms with Crippen LogP contribution < -0.4 is 21.0 Å². The first kappa shape index (κ1) is 28.6. The molecule has 5 rings (SSSR count). The highest BCUT2D eigenvalue weighted by atomic mass is 31.2. The van der Waals surface area contributed by atoms with E-state index in [1.165, 1.54) is 35.2 Å². The zero-order valence-corrected chi connectivity index (χ0v) is 25.8. The van der Waals surface area contributed by atoms with Crippen molar-refractivity contribution >= 4 is 30.4 Å². The van der Waals surface area contributed by atoms with Crippen LogP contribution in [0.15, 0.2) is 95.5 Å². The first-order valence-corrected chi connectivity index (χ1v) is 18.5. The largest absolute Gasteiger partial charge is 0.280 e. The third-order valence-electron chi connectivity index (χ3n) is 9.05. The molecule has 0 saturated heterocycles. The van der Waals surface area contributed by atoms with Crippen molar-refractivity contribution in [1.29, 1.82) is 0 Å². The van der Waals surface area contributed by atoms with E-state index in [-0.39, 0.29) is 17.1 Å². The maximum atomic E-state index is 15.7. The molecule has 0 bridgehead atoms. The summed E-state index contributed by atoms with van der Waals surface area (Å²) in [5.74, 6) is 0.675. The van der Waals surface area contributed by atoms with Gasteiger partial charge in [-0.3, -0.25) is 4.57 Å². The Kier molecular flexibility index (Phi) is 9.02. The van der Waals surface area contributed by atoms with E-state index in [1.54, 1.807) is 0 Å². The fourth-order valence-corrected chi connectivity index (χ4v) is 15.0. The summed E-state index contributed by atoms with van der Waals surface area (Å²) in [4.78, 5) is 0. The SMILES string of the molecule is CC(C)(C)C1CCC(P(=O)(N=P(c2ccccc2)(c2ccccc2)c2ccccc2)NC2CCCCC2)CC1. The molecule has 2 fully saturated rings. The Morgan fingerprint density at radius 2 is 1.08 bits per heavy atom. The lowest BCUT2D eigenvalue weighted by Gasteiger charge is -2.41. The summed E-state index contributed by atoms with van der Waals surface area (Å²) in [6.07, 6.45) is 10.2. The number of hydrogen-bond acceptors (Lipinski definition) is 1. The molecule has 0 amide bonds. The Bertz CT molecular complexity index is 1180. The van der Waals surface area contributed by atoms with Crippen molar-refractivity contribution in [2.24, 2.45) is 15.8 Å². The molecule has 2 aliphatic rings. The van der Waals surface area contributed by atoms with E-state index in [0.717, 1.165) is 38.5 Å². The van der Waals surface area contributed by atoms with Gasteiger partial charge in [-0.25, -0.2) is 9.60 Å². The summed E-state index contributed by atoms with van der Waals surface area (Å²) in [7, 11) is -5.69. The highest BCUT2D eigenvalue weighted by molar-refractivity contribution is 7.91. The second-order valence-corrected chi connectivity index (χ2v) is 18.5. The fourth-order valence-electron chi connectivity index (χ4n) is 6.72. The number of nitrogens with one attached hydrogen (secondary N) is 1. The van der Waals surface area contributed by atoms with Crippen LogP contribution in [0.2, 0.25) is 0 Å². The number of hydrogen-bond donors (Lipinski definition) is 1. The van der Waals surface area contributed by atoms with E-state index in [0.29, 0.717) is 5.92 Å². The second kappa shape index (κ2) is 12.3. The lowest BCUT2D eigenvalue weighted by Crippen LogP contribution is -2.35. The van der Waals surface area contributed by atoms with Crippen LogP contribution in [-0.4, -0.2) is 11.7 Å². The molecule has 1 N–H and O–H groups in total. The van der Waals surface area contributed by atoms with Crippen molar-refractivity contribution in [2.75, 3.05) is 0 Å². The van der Waals surface area contributed by atoms with Crippen LogP contribution in [-0.2, 0) is 4.57 Å². The average molecular weight is 561 g/mol. The van der Waals surface area contributed by atoms with E-state index < -0.39 is 14.5 Å². The summed E-state index contributed by atoms with van der Waals surface area (Å²) < 4.78 is 21.5. The Labute approximate surface area is 236 Å². The van der Waals surface area contributed by atoms with Crippen LogP contribution in [0, 0.1) is 11.3 Å². The van der Waals surface area contributed by atoms with E-state index in [4.69, 9.17) is 4.52 Å². The van der Waals surface area contributed by atoms with Gasteiger partial charge in [0, 0.05) is 27.6 Å². The van der Waals surface area contributed by atoms with Crippen molar-refractivity contribution in [3.8, 4) is 0 Å². The normalized spacial score (nSPS) is 22.6. The molecule has 0 aliphatic heterocycles. The number of benzene rings is 3. The van der Waals surface area contributed by atoms with Crippen molar-refractivity contribution in [3.05, 3.63) is 91.0 Å². The summed E-state index contributed by atoms with van der Waals surface area (Å²) >= 11 is 0. The van der Waals surface area contributed by atoms with Gasteiger partial charge in [0.25, 0.3) is 7.44 Å². The molecule has 5 heteroatoms. The topological polar surface area (TPSA) is 41.5 Å². The van der Waals surface area contributed by atoms with Crippen LogP contribution in [0.25, 0.3) is 0 Å². The van der Waals surface area contributed by atoms with E-state index >= 15 is 4.57 Å². The fraction of sp³-hybridized carbons (Fsp3) is 0.471. The maximum Gasteiger partial charge on any atom is 0.257 e. The minimum atomic E-state index is -3.14. The van der Waals surface area contributed by atoms with Gasteiger partial charge in [-0.15, -0.1) is 0 Å². The smallest absolute Gasteiger partial charge is 0.257 e. The van der Waals surface area contributed by atoms with E-state index in [2.05, 4.69) is 117 Å². The van der Waals surface area contributed by atoms with Gasteiger partial charge in [0.2, 0.25) is 0 Å². The predicted octanol–water partition coefficient (Wildman–Crippen LogP) is 8.88. The van der Waals surface area contributed by atoms with Crippen LogP contribution in [0.1, 0.15) is 78.6 Å². The summed E-state index contributed by atoms with van der Waals surface area (Å²) in [5.41, 5.74) is 0.381. The summed E-state index contributed by atoms with van der Waals surface area (Å²) in [6, 6.07) is 32.4. The monoisotopic (exact) mass is 560 g/mol. The van der Waals surface area contributed by atoms with Crippen LogP contribution in [0.4, 0.5) is 0 Å². The Hall–Kier alpha value is -1.92. The molecule has 0 radical (unpaired) electrons. The number of rotatable bonds is 7. The van der Waals surface area contributed by atoms with Crippen LogP contribution >= 0.6 is 14.5 Å². The molecule has 3 nitrogen and oxygen atoms in total. The molecule has 0 aromatic heterocycles. The minimum Gasteiger partial charge on any atom is -0.280 e. The first-order chi connectivity index (χ1) is 18.8.